The zero-order valence-corrected chi connectivity index (χ0v) is 8.47. The molecule has 1 rings (SSSR count). The van der Waals surface area contributed by atoms with Gasteiger partial charge in [-0.25, -0.2) is 4.79 Å². The third-order valence-corrected chi connectivity index (χ3v) is 1.70. The van der Waals surface area contributed by atoms with Gasteiger partial charge >= 0.3 is 5.97 Å². The van der Waals surface area contributed by atoms with Gasteiger partial charge in [0.25, 0.3) is 5.78 Å². The second-order valence-electron chi connectivity index (χ2n) is 2.83. The maximum absolute atomic E-state index is 11.1. The van der Waals surface area contributed by atoms with Crippen LogP contribution in [0.1, 0.15) is 12.5 Å². The Balaban J connectivity index is 2.59. The highest BCUT2D eigenvalue weighted by atomic mass is 16.5. The van der Waals surface area contributed by atoms with Crippen molar-refractivity contribution in [3.63, 3.8) is 0 Å². The predicted molar refractivity (Wildman–Crippen MR) is 57.1 cm³/mol. The lowest BCUT2D eigenvalue weighted by molar-refractivity contribution is -0.151. The molecule has 0 heterocycles. The van der Waals surface area contributed by atoms with Crippen molar-refractivity contribution in [2.45, 2.75) is 6.92 Å². The smallest absolute Gasteiger partial charge is 0.379 e. The van der Waals surface area contributed by atoms with Crippen LogP contribution in [0.3, 0.4) is 0 Å². The van der Waals surface area contributed by atoms with Crippen LogP contribution < -0.4 is 0 Å². The molecule has 0 aliphatic carbocycles. The van der Waals surface area contributed by atoms with Gasteiger partial charge in [-0.2, -0.15) is 0 Å². The Labute approximate surface area is 88.4 Å². The van der Waals surface area contributed by atoms with Crippen molar-refractivity contribution in [1.29, 1.82) is 0 Å². The summed E-state index contributed by atoms with van der Waals surface area (Å²) in [4.78, 5) is 22.1. The monoisotopic (exact) mass is 204 g/mol. The molecular formula is C12H12O3. The second-order valence-corrected chi connectivity index (χ2v) is 2.83. The van der Waals surface area contributed by atoms with Crippen molar-refractivity contribution >= 4 is 17.8 Å². The van der Waals surface area contributed by atoms with Crippen molar-refractivity contribution in [2.75, 3.05) is 6.61 Å². The van der Waals surface area contributed by atoms with Crippen molar-refractivity contribution in [2.24, 2.45) is 0 Å². The Kier molecular flexibility index (Phi) is 4.29. The molecule has 3 nitrogen and oxygen atoms in total. The maximum atomic E-state index is 11.1. The van der Waals surface area contributed by atoms with Crippen LogP contribution in [0.4, 0.5) is 0 Å². The van der Waals surface area contributed by atoms with Gasteiger partial charge in [0, 0.05) is 0 Å². The molecule has 0 atom stereocenters. The number of ether oxygens (including phenoxy) is 1. The minimum Gasteiger partial charge on any atom is -0.460 e. The minimum atomic E-state index is -0.815. The first-order valence-corrected chi connectivity index (χ1v) is 4.68. The van der Waals surface area contributed by atoms with Crippen molar-refractivity contribution in [3.05, 3.63) is 42.0 Å². The molecule has 0 unspecified atom stereocenters. The quantitative estimate of drug-likeness (QED) is 0.427. The van der Waals surface area contributed by atoms with Crippen LogP contribution in [0.25, 0.3) is 6.08 Å². The highest BCUT2D eigenvalue weighted by Crippen LogP contribution is 2.01. The molecule has 0 aromatic heterocycles. The Hall–Kier alpha value is -1.90. The molecule has 0 saturated carbocycles. The van der Waals surface area contributed by atoms with Crippen LogP contribution in [0.5, 0.6) is 0 Å². The molecule has 0 bridgehead atoms. The number of esters is 1. The van der Waals surface area contributed by atoms with E-state index >= 15 is 0 Å². The van der Waals surface area contributed by atoms with E-state index in [0.717, 1.165) is 5.56 Å². The van der Waals surface area contributed by atoms with E-state index in [1.165, 1.54) is 6.08 Å². The van der Waals surface area contributed by atoms with E-state index in [2.05, 4.69) is 4.74 Å². The van der Waals surface area contributed by atoms with E-state index in [0.29, 0.717) is 0 Å². The van der Waals surface area contributed by atoms with Crippen LogP contribution in [-0.4, -0.2) is 18.4 Å². The number of hydrogen-bond acceptors (Lipinski definition) is 3. The number of carbonyl (C=O) groups excluding carboxylic acids is 2. The normalized spacial score (nSPS) is 10.2. The summed E-state index contributed by atoms with van der Waals surface area (Å²) >= 11 is 0. The standard InChI is InChI=1S/C12H12O3/c1-2-15-12(14)11(13)9-8-10-6-4-3-5-7-10/h3-9H,2H2,1H3/b9-8+. The molecule has 0 fully saturated rings. The Morgan fingerprint density at radius 1 is 1.27 bits per heavy atom. The van der Waals surface area contributed by atoms with E-state index in [4.69, 9.17) is 0 Å². The lowest BCUT2D eigenvalue weighted by atomic mass is 10.2. The molecule has 0 aliphatic heterocycles. The third kappa shape index (κ3) is 3.77. The molecule has 0 aliphatic rings. The van der Waals surface area contributed by atoms with Gasteiger partial charge in [0.1, 0.15) is 0 Å². The fourth-order valence-electron chi connectivity index (χ4n) is 1.01. The fourth-order valence-corrected chi connectivity index (χ4v) is 1.01. The summed E-state index contributed by atoms with van der Waals surface area (Å²) in [5.74, 6) is -1.45. The highest BCUT2D eigenvalue weighted by Gasteiger charge is 2.09. The fraction of sp³-hybridized carbons (Fsp3) is 0.167. The van der Waals surface area contributed by atoms with E-state index in [9.17, 15) is 9.59 Å². The molecule has 0 radical (unpaired) electrons. The number of benzene rings is 1. The van der Waals surface area contributed by atoms with E-state index < -0.39 is 11.8 Å². The molecule has 1 aromatic rings. The molecule has 0 amide bonds. The summed E-state index contributed by atoms with van der Waals surface area (Å²) in [5, 5.41) is 0. The van der Waals surface area contributed by atoms with Gasteiger partial charge in [-0.3, -0.25) is 4.79 Å². The van der Waals surface area contributed by atoms with E-state index in [-0.39, 0.29) is 6.61 Å². The lowest BCUT2D eigenvalue weighted by Crippen LogP contribution is -2.14. The van der Waals surface area contributed by atoms with E-state index in [1.54, 1.807) is 13.0 Å². The third-order valence-electron chi connectivity index (χ3n) is 1.70. The van der Waals surface area contributed by atoms with Gasteiger partial charge in [-0.15, -0.1) is 0 Å². The van der Waals surface area contributed by atoms with Gasteiger partial charge in [0.2, 0.25) is 0 Å². The van der Waals surface area contributed by atoms with Crippen LogP contribution >= 0.6 is 0 Å². The van der Waals surface area contributed by atoms with Gasteiger partial charge in [-0.1, -0.05) is 36.4 Å². The Bertz CT molecular complexity index is 366. The summed E-state index contributed by atoms with van der Waals surface area (Å²) in [6, 6.07) is 9.28. The SMILES string of the molecule is CCOC(=O)C(=O)/C=C/c1ccccc1. The average molecular weight is 204 g/mol. The largest absolute Gasteiger partial charge is 0.460 e. The summed E-state index contributed by atoms with van der Waals surface area (Å²) in [6.07, 6.45) is 2.80. The van der Waals surface area contributed by atoms with Crippen molar-refractivity contribution in [1.82, 2.24) is 0 Å². The average Bonchev–Trinajstić information content (AvgIpc) is 2.27. The van der Waals surface area contributed by atoms with Gasteiger partial charge in [0.05, 0.1) is 6.61 Å². The Morgan fingerprint density at radius 2 is 1.93 bits per heavy atom. The highest BCUT2D eigenvalue weighted by molar-refractivity contribution is 6.39. The van der Waals surface area contributed by atoms with Crippen LogP contribution in [0.15, 0.2) is 36.4 Å². The number of hydrogen-bond donors (Lipinski definition) is 0. The second kappa shape index (κ2) is 5.75. The summed E-state index contributed by atoms with van der Waals surface area (Å²) < 4.78 is 4.55. The first kappa shape index (κ1) is 11.2. The molecule has 0 spiro atoms. The van der Waals surface area contributed by atoms with Gasteiger partial charge < -0.3 is 4.74 Å². The Morgan fingerprint density at radius 3 is 2.53 bits per heavy atom. The van der Waals surface area contributed by atoms with Crippen LogP contribution in [0, 0.1) is 0 Å². The zero-order chi connectivity index (χ0) is 11.1. The summed E-state index contributed by atoms with van der Waals surface area (Å²) in [7, 11) is 0. The first-order chi connectivity index (χ1) is 7.24. The number of rotatable bonds is 4. The summed E-state index contributed by atoms with van der Waals surface area (Å²) in [5.41, 5.74) is 0.871. The zero-order valence-electron chi connectivity index (χ0n) is 8.47. The topological polar surface area (TPSA) is 43.4 Å². The first-order valence-electron chi connectivity index (χ1n) is 4.68. The summed E-state index contributed by atoms with van der Waals surface area (Å²) in [6.45, 7) is 1.87. The minimum absolute atomic E-state index is 0.212. The maximum Gasteiger partial charge on any atom is 0.379 e. The molecule has 1 aromatic carbocycles. The van der Waals surface area contributed by atoms with Crippen LogP contribution in [0.2, 0.25) is 0 Å². The molecule has 3 heteroatoms. The van der Waals surface area contributed by atoms with E-state index in [1.807, 2.05) is 30.3 Å². The number of carbonyl (C=O) groups is 2. The number of ketones is 1. The van der Waals surface area contributed by atoms with Crippen LogP contribution in [-0.2, 0) is 14.3 Å². The lowest BCUT2D eigenvalue weighted by Gasteiger charge is -1.95. The molecule has 78 valence electrons. The van der Waals surface area contributed by atoms with Crippen molar-refractivity contribution in [3.8, 4) is 0 Å². The van der Waals surface area contributed by atoms with Gasteiger partial charge in [0.15, 0.2) is 0 Å². The van der Waals surface area contributed by atoms with Gasteiger partial charge in [-0.05, 0) is 18.6 Å². The molecular weight excluding hydrogens is 192 g/mol. The molecule has 15 heavy (non-hydrogen) atoms. The molecule has 0 saturated heterocycles. The molecule has 0 N–H and O–H groups in total. The predicted octanol–water partition coefficient (Wildman–Crippen LogP) is 1.83. The van der Waals surface area contributed by atoms with Crippen molar-refractivity contribution < 1.29 is 14.3 Å².